The number of esters is 1. The number of carbonyl (C=O) groups is 1. The lowest BCUT2D eigenvalue weighted by atomic mass is 10.2. The molecule has 1 aromatic heterocycles. The van der Waals surface area contributed by atoms with Gasteiger partial charge in [-0.2, -0.15) is 12.8 Å². The number of hydrogen-bond acceptors (Lipinski definition) is 8. The molecule has 4 rings (SSSR count). The predicted molar refractivity (Wildman–Crippen MR) is 157 cm³/mol. The average Bonchev–Trinajstić information content (AvgIpc) is 3.20. The zero-order valence-electron chi connectivity index (χ0n) is 23.9. The van der Waals surface area contributed by atoms with Crippen LogP contribution in [-0.2, 0) is 31.8 Å². The second kappa shape index (κ2) is 11.9. The van der Waals surface area contributed by atoms with Gasteiger partial charge >= 0.3 is 5.97 Å². The first kappa shape index (κ1) is 30.6. The molecule has 3 aromatic carbocycles. The van der Waals surface area contributed by atoms with Crippen molar-refractivity contribution in [1.82, 2.24) is 9.40 Å². The van der Waals surface area contributed by atoms with Crippen LogP contribution in [0.15, 0.2) is 82.6 Å². The third-order valence-corrected chi connectivity index (χ3v) is 9.92. The molecule has 0 fully saturated rings. The summed E-state index contributed by atoms with van der Waals surface area (Å²) in [6.45, 7) is 4.88. The van der Waals surface area contributed by atoms with Gasteiger partial charge in [-0.1, -0.05) is 23.8 Å². The number of nitrogens with one attached hydrogen (secondary N) is 1. The highest BCUT2D eigenvalue weighted by Gasteiger charge is 2.38. The number of hydrogen-bond donors (Lipinski definition) is 1. The van der Waals surface area contributed by atoms with E-state index in [1.807, 2.05) is 0 Å². The molecule has 0 aliphatic heterocycles. The normalized spacial score (nSPS) is 11.7. The molecular formula is C29H31N3O8S2. The van der Waals surface area contributed by atoms with Crippen molar-refractivity contribution in [2.45, 2.75) is 30.6 Å². The number of methoxy groups -OCH3 is 2. The van der Waals surface area contributed by atoms with E-state index in [0.29, 0.717) is 21.6 Å². The van der Waals surface area contributed by atoms with Gasteiger partial charge in [-0.3, -0.25) is 0 Å². The van der Waals surface area contributed by atoms with Gasteiger partial charge in [0.2, 0.25) is 0 Å². The molecule has 0 unspecified atom stereocenters. The molecule has 4 aromatic rings. The summed E-state index contributed by atoms with van der Waals surface area (Å²) in [6, 6.07) is 18.5. The molecule has 1 N–H and O–H groups in total. The molecule has 0 saturated carbocycles. The van der Waals surface area contributed by atoms with Gasteiger partial charge in [-0.25, -0.2) is 13.2 Å². The van der Waals surface area contributed by atoms with Gasteiger partial charge in [-0.05, 0) is 69.3 Å². The minimum Gasteiger partial charge on any atom is -0.497 e. The molecule has 13 heteroatoms. The lowest BCUT2D eigenvalue weighted by Gasteiger charge is -2.25. The summed E-state index contributed by atoms with van der Waals surface area (Å²) in [7, 11) is -4.93. The first-order valence-electron chi connectivity index (χ1n) is 12.6. The topological polar surface area (TPSA) is 133 Å². The van der Waals surface area contributed by atoms with Crippen LogP contribution in [0.2, 0.25) is 0 Å². The number of ether oxygens (including phenoxy) is 3. The fraction of sp³-hybridized carbons (Fsp3) is 0.207. The van der Waals surface area contributed by atoms with Gasteiger partial charge in [0.25, 0.3) is 20.0 Å². The average molecular weight is 614 g/mol. The number of anilines is 1. The van der Waals surface area contributed by atoms with Crippen molar-refractivity contribution < 1.29 is 35.8 Å². The van der Waals surface area contributed by atoms with Crippen molar-refractivity contribution in [2.24, 2.45) is 7.05 Å². The van der Waals surface area contributed by atoms with E-state index in [0.717, 1.165) is 12.7 Å². The van der Waals surface area contributed by atoms with Crippen molar-refractivity contribution in [3.8, 4) is 17.2 Å². The Hall–Kier alpha value is -4.33. The molecule has 0 amide bonds. The molecule has 0 radical (unpaired) electrons. The van der Waals surface area contributed by atoms with Crippen LogP contribution < -0.4 is 18.7 Å². The van der Waals surface area contributed by atoms with E-state index < -0.39 is 30.9 Å². The fourth-order valence-electron chi connectivity index (χ4n) is 4.24. The van der Waals surface area contributed by atoms with Crippen LogP contribution >= 0.6 is 0 Å². The lowest BCUT2D eigenvalue weighted by molar-refractivity contribution is 0.0595. The summed E-state index contributed by atoms with van der Waals surface area (Å²) >= 11 is 0. The Labute approximate surface area is 245 Å². The zero-order chi connectivity index (χ0) is 30.8. The van der Waals surface area contributed by atoms with Crippen molar-refractivity contribution >= 4 is 31.7 Å². The maximum atomic E-state index is 14.4. The molecule has 0 aliphatic rings. The summed E-state index contributed by atoms with van der Waals surface area (Å²) in [5.41, 5.74) is 1.06. The van der Waals surface area contributed by atoms with Gasteiger partial charge in [0, 0.05) is 24.5 Å². The molecule has 0 spiro atoms. The number of hydrazine groups is 1. The first-order valence-corrected chi connectivity index (χ1v) is 15.5. The van der Waals surface area contributed by atoms with Crippen LogP contribution in [0.5, 0.6) is 17.2 Å². The van der Waals surface area contributed by atoms with Crippen LogP contribution in [-0.4, -0.2) is 41.6 Å². The smallest absolute Gasteiger partial charge is 0.341 e. The lowest BCUT2D eigenvalue weighted by Crippen LogP contribution is -2.46. The first-order chi connectivity index (χ1) is 19.8. The molecule has 42 heavy (non-hydrogen) atoms. The van der Waals surface area contributed by atoms with Gasteiger partial charge in [0.15, 0.2) is 0 Å². The number of benzene rings is 3. The minimum atomic E-state index is -4.77. The third-order valence-electron chi connectivity index (χ3n) is 6.69. The Morgan fingerprint density at radius 1 is 0.810 bits per heavy atom. The molecule has 0 saturated heterocycles. The Balaban J connectivity index is 1.88. The number of aryl methyl sites for hydroxylation is 1. The Morgan fingerprint density at radius 3 is 2.02 bits per heavy atom. The molecule has 1 heterocycles. The van der Waals surface area contributed by atoms with E-state index in [2.05, 4.69) is 4.83 Å². The molecule has 0 bridgehead atoms. The third kappa shape index (κ3) is 5.98. The summed E-state index contributed by atoms with van der Waals surface area (Å²) in [5.74, 6) is 0.396. The van der Waals surface area contributed by atoms with Crippen molar-refractivity contribution in [3.63, 3.8) is 0 Å². The van der Waals surface area contributed by atoms with Gasteiger partial charge in [0.05, 0.1) is 24.8 Å². The van der Waals surface area contributed by atoms with Gasteiger partial charge in [0.1, 0.15) is 27.7 Å². The molecule has 11 nitrogen and oxygen atoms in total. The van der Waals surface area contributed by atoms with Crippen molar-refractivity contribution in [2.75, 3.05) is 18.6 Å². The van der Waals surface area contributed by atoms with E-state index in [1.165, 1.54) is 48.9 Å². The monoisotopic (exact) mass is 613 g/mol. The fourth-order valence-corrected chi connectivity index (χ4v) is 7.42. The number of sulfonamides is 2. The van der Waals surface area contributed by atoms with Gasteiger partial charge in [-0.15, -0.1) is 4.83 Å². The largest absolute Gasteiger partial charge is 0.497 e. The highest BCUT2D eigenvalue weighted by Crippen LogP contribution is 2.34. The number of carbonyl (C=O) groups excluding carboxylic acids is 1. The van der Waals surface area contributed by atoms with E-state index >= 15 is 0 Å². The highest BCUT2D eigenvalue weighted by molar-refractivity contribution is 7.95. The molecule has 0 aliphatic carbocycles. The van der Waals surface area contributed by atoms with Crippen molar-refractivity contribution in [3.05, 3.63) is 95.3 Å². The van der Waals surface area contributed by atoms with Crippen LogP contribution in [0.3, 0.4) is 0 Å². The number of aromatic nitrogens is 1. The summed E-state index contributed by atoms with van der Waals surface area (Å²) in [4.78, 5) is 14.4. The van der Waals surface area contributed by atoms with E-state index in [4.69, 9.17) is 14.2 Å². The minimum absolute atomic E-state index is 0.0894. The van der Waals surface area contributed by atoms with Crippen LogP contribution in [0.1, 0.15) is 27.3 Å². The SMILES string of the molecule is COC(=O)c1c(S(=O)(=O)N(NS(=O)(=O)c2ccc(C)cc2)c2cccc(Oc3ccc(OC)cc3)c2)c(C)n(C)c1C. The summed E-state index contributed by atoms with van der Waals surface area (Å²) in [5, 5.41) is 0. The Bertz CT molecular complexity index is 1830. The second-order valence-corrected chi connectivity index (χ2v) is 12.8. The maximum Gasteiger partial charge on any atom is 0.341 e. The molecular weight excluding hydrogens is 582 g/mol. The second-order valence-electron chi connectivity index (χ2n) is 9.38. The van der Waals surface area contributed by atoms with E-state index in [-0.39, 0.29) is 27.6 Å². The number of nitrogens with zero attached hydrogens (tertiary/aromatic N) is 2. The predicted octanol–water partition coefficient (Wildman–Crippen LogP) is 4.63. The van der Waals surface area contributed by atoms with Gasteiger partial charge < -0.3 is 18.8 Å². The van der Waals surface area contributed by atoms with Crippen LogP contribution in [0, 0.1) is 20.8 Å². The summed E-state index contributed by atoms with van der Waals surface area (Å²) < 4.78 is 73.8. The maximum absolute atomic E-state index is 14.4. The molecule has 0 atom stereocenters. The standard InChI is InChI=1S/C29H31N3O8S2/c1-19-10-16-26(17-11-19)41(34,35)30-32(42(36,37)28-21(3)31(4)20(2)27(28)29(33)39-6)22-8-7-9-25(18-22)40-24-14-12-23(38-5)13-15-24/h7-18,30H,1-6H3. The highest BCUT2D eigenvalue weighted by atomic mass is 32.2. The van der Waals surface area contributed by atoms with Crippen LogP contribution in [0.4, 0.5) is 5.69 Å². The van der Waals surface area contributed by atoms with E-state index in [9.17, 15) is 21.6 Å². The quantitative estimate of drug-likeness (QED) is 0.202. The summed E-state index contributed by atoms with van der Waals surface area (Å²) in [6.07, 6.45) is 0. The van der Waals surface area contributed by atoms with Crippen LogP contribution in [0.25, 0.3) is 0 Å². The Kier molecular flexibility index (Phi) is 8.66. The zero-order valence-corrected chi connectivity index (χ0v) is 25.5. The van der Waals surface area contributed by atoms with E-state index in [1.54, 1.807) is 63.4 Å². The number of rotatable bonds is 10. The van der Waals surface area contributed by atoms with Crippen molar-refractivity contribution in [1.29, 1.82) is 0 Å². The Morgan fingerprint density at radius 2 is 1.43 bits per heavy atom. The molecule has 222 valence electrons.